The Balaban J connectivity index is 1.97. The molecule has 0 aromatic carbocycles. The molecule has 0 spiro atoms. The Kier molecular flexibility index (Phi) is 3.59. The standard InChI is InChI=1S/C17H24O5/c1-16(2)12-9-17(14(18)20-3,15(19)21-4)8-11(12)7-13(22-16)10-5-6-10/h7,10,12-13H,5-6,8-9H2,1-4H3/t12-,13+/m1/s1. The van der Waals surface area contributed by atoms with Gasteiger partial charge in [-0.05, 0) is 45.4 Å². The second kappa shape index (κ2) is 5.08. The van der Waals surface area contributed by atoms with E-state index in [1.54, 1.807) is 0 Å². The van der Waals surface area contributed by atoms with Crippen molar-refractivity contribution >= 4 is 11.9 Å². The molecule has 1 aliphatic heterocycles. The summed E-state index contributed by atoms with van der Waals surface area (Å²) in [5.41, 5.74) is -0.468. The zero-order valence-electron chi connectivity index (χ0n) is 13.7. The van der Waals surface area contributed by atoms with Crippen molar-refractivity contribution in [2.24, 2.45) is 17.3 Å². The second-order valence-electron chi connectivity index (χ2n) is 7.26. The maximum absolute atomic E-state index is 12.3. The summed E-state index contributed by atoms with van der Waals surface area (Å²) in [7, 11) is 2.63. The van der Waals surface area contributed by atoms with Gasteiger partial charge in [-0.2, -0.15) is 0 Å². The van der Waals surface area contributed by atoms with E-state index in [4.69, 9.17) is 14.2 Å². The Labute approximate surface area is 131 Å². The molecular formula is C17H24O5. The largest absolute Gasteiger partial charge is 0.468 e. The van der Waals surface area contributed by atoms with Gasteiger partial charge in [0.1, 0.15) is 0 Å². The Bertz CT molecular complexity index is 513. The quantitative estimate of drug-likeness (QED) is 0.454. The average molecular weight is 308 g/mol. The fourth-order valence-electron chi connectivity index (χ4n) is 4.01. The Morgan fingerprint density at radius 1 is 1.18 bits per heavy atom. The van der Waals surface area contributed by atoms with Crippen LogP contribution in [0.3, 0.4) is 0 Å². The number of fused-ring (bicyclic) bond motifs is 1. The molecule has 2 atom stereocenters. The molecule has 3 rings (SSSR count). The minimum absolute atomic E-state index is 0.0423. The van der Waals surface area contributed by atoms with E-state index in [1.165, 1.54) is 27.1 Å². The van der Waals surface area contributed by atoms with E-state index >= 15 is 0 Å². The molecule has 5 heteroatoms. The van der Waals surface area contributed by atoms with E-state index in [1.807, 2.05) is 13.8 Å². The molecule has 0 radical (unpaired) electrons. The Morgan fingerprint density at radius 3 is 2.27 bits per heavy atom. The zero-order valence-corrected chi connectivity index (χ0v) is 13.7. The van der Waals surface area contributed by atoms with Crippen molar-refractivity contribution in [1.29, 1.82) is 0 Å². The van der Waals surface area contributed by atoms with E-state index in [-0.39, 0.29) is 17.6 Å². The maximum Gasteiger partial charge on any atom is 0.323 e. The van der Waals surface area contributed by atoms with Crippen LogP contribution in [0.1, 0.15) is 39.5 Å². The van der Waals surface area contributed by atoms with Crippen molar-refractivity contribution in [3.05, 3.63) is 11.6 Å². The van der Waals surface area contributed by atoms with Crippen molar-refractivity contribution < 1.29 is 23.8 Å². The van der Waals surface area contributed by atoms with E-state index in [2.05, 4.69) is 6.08 Å². The third-order valence-corrected chi connectivity index (χ3v) is 5.40. The van der Waals surface area contributed by atoms with Gasteiger partial charge < -0.3 is 14.2 Å². The molecule has 0 aromatic heterocycles. The van der Waals surface area contributed by atoms with Gasteiger partial charge in [0.05, 0.1) is 25.9 Å². The molecule has 0 N–H and O–H groups in total. The smallest absolute Gasteiger partial charge is 0.323 e. The molecule has 1 heterocycles. The highest BCUT2D eigenvalue weighted by molar-refractivity contribution is 6.01. The predicted molar refractivity (Wildman–Crippen MR) is 78.9 cm³/mol. The van der Waals surface area contributed by atoms with Crippen LogP contribution in [0.15, 0.2) is 11.6 Å². The number of hydrogen-bond donors (Lipinski definition) is 0. The number of ether oxygens (including phenoxy) is 3. The molecule has 3 aliphatic rings. The topological polar surface area (TPSA) is 61.8 Å². The molecule has 0 saturated heterocycles. The van der Waals surface area contributed by atoms with Crippen molar-refractivity contribution in [3.8, 4) is 0 Å². The third-order valence-electron chi connectivity index (χ3n) is 5.40. The fraction of sp³-hybridized carbons (Fsp3) is 0.765. The molecule has 2 aliphatic carbocycles. The monoisotopic (exact) mass is 308 g/mol. The van der Waals surface area contributed by atoms with Crippen LogP contribution in [0, 0.1) is 17.3 Å². The Morgan fingerprint density at radius 2 is 1.77 bits per heavy atom. The van der Waals surface area contributed by atoms with Crippen molar-refractivity contribution in [2.75, 3.05) is 14.2 Å². The van der Waals surface area contributed by atoms with Gasteiger partial charge in [0.25, 0.3) is 0 Å². The summed E-state index contributed by atoms with van der Waals surface area (Å²) in [6.07, 6.45) is 5.40. The van der Waals surface area contributed by atoms with Crippen LogP contribution >= 0.6 is 0 Å². The number of esters is 2. The zero-order chi connectivity index (χ0) is 16.1. The summed E-state index contributed by atoms with van der Waals surface area (Å²) in [5, 5.41) is 0. The number of hydrogen-bond acceptors (Lipinski definition) is 5. The van der Waals surface area contributed by atoms with Crippen molar-refractivity contribution in [2.45, 2.75) is 51.2 Å². The van der Waals surface area contributed by atoms with Gasteiger partial charge in [0.15, 0.2) is 5.41 Å². The number of carbonyl (C=O) groups is 2. The summed E-state index contributed by atoms with van der Waals surface area (Å²) in [6, 6.07) is 0. The van der Waals surface area contributed by atoms with E-state index in [0.29, 0.717) is 18.8 Å². The van der Waals surface area contributed by atoms with Gasteiger partial charge in [0.2, 0.25) is 0 Å². The summed E-state index contributed by atoms with van der Waals surface area (Å²) in [6.45, 7) is 4.09. The van der Waals surface area contributed by atoms with Gasteiger partial charge >= 0.3 is 11.9 Å². The highest BCUT2D eigenvalue weighted by Gasteiger charge is 2.60. The van der Waals surface area contributed by atoms with E-state index in [0.717, 1.165) is 5.57 Å². The lowest BCUT2D eigenvalue weighted by molar-refractivity contribution is -0.169. The highest BCUT2D eigenvalue weighted by atomic mass is 16.5. The van der Waals surface area contributed by atoms with Gasteiger partial charge in [-0.25, -0.2) is 0 Å². The average Bonchev–Trinajstić information content (AvgIpc) is 3.25. The van der Waals surface area contributed by atoms with E-state index in [9.17, 15) is 9.59 Å². The van der Waals surface area contributed by atoms with Crippen LogP contribution in [0.25, 0.3) is 0 Å². The van der Waals surface area contributed by atoms with Crippen LogP contribution in [0.5, 0.6) is 0 Å². The minimum atomic E-state index is -1.22. The molecule has 2 fully saturated rings. The lowest BCUT2D eigenvalue weighted by Gasteiger charge is -2.40. The number of carbonyl (C=O) groups excluding carboxylic acids is 2. The van der Waals surface area contributed by atoms with Gasteiger partial charge in [-0.3, -0.25) is 9.59 Å². The molecular weight excluding hydrogens is 284 g/mol. The molecule has 5 nitrogen and oxygen atoms in total. The van der Waals surface area contributed by atoms with Crippen LogP contribution in [-0.4, -0.2) is 37.9 Å². The first-order valence-electron chi connectivity index (χ1n) is 7.89. The van der Waals surface area contributed by atoms with Crippen molar-refractivity contribution in [3.63, 3.8) is 0 Å². The molecule has 2 saturated carbocycles. The maximum atomic E-state index is 12.3. The van der Waals surface area contributed by atoms with E-state index < -0.39 is 17.4 Å². The third kappa shape index (κ3) is 2.26. The highest BCUT2D eigenvalue weighted by Crippen LogP contribution is 2.55. The molecule has 0 bridgehead atoms. The molecule has 0 unspecified atom stereocenters. The fourth-order valence-corrected chi connectivity index (χ4v) is 4.01. The summed E-state index contributed by atoms with van der Waals surface area (Å²) >= 11 is 0. The SMILES string of the molecule is COC(=O)C1(C(=O)OC)CC2=C[C@@H](C3CC3)OC(C)(C)[C@@H]2C1. The normalized spacial score (nSPS) is 31.9. The van der Waals surface area contributed by atoms with Crippen LogP contribution < -0.4 is 0 Å². The lowest BCUT2D eigenvalue weighted by atomic mass is 9.80. The molecule has 0 amide bonds. The summed E-state index contributed by atoms with van der Waals surface area (Å²) in [5.74, 6) is -0.387. The second-order valence-corrected chi connectivity index (χ2v) is 7.26. The minimum Gasteiger partial charge on any atom is -0.468 e. The van der Waals surface area contributed by atoms with Gasteiger partial charge in [-0.1, -0.05) is 11.6 Å². The number of methoxy groups -OCH3 is 2. The first kappa shape index (κ1) is 15.5. The van der Waals surface area contributed by atoms with Gasteiger partial charge in [0, 0.05) is 5.92 Å². The van der Waals surface area contributed by atoms with Crippen LogP contribution in [-0.2, 0) is 23.8 Å². The summed E-state index contributed by atoms with van der Waals surface area (Å²) in [4.78, 5) is 24.7. The molecule has 0 aromatic rings. The van der Waals surface area contributed by atoms with Crippen LogP contribution in [0.2, 0.25) is 0 Å². The van der Waals surface area contributed by atoms with Gasteiger partial charge in [-0.15, -0.1) is 0 Å². The predicted octanol–water partition coefficient (Wildman–Crippen LogP) is 2.24. The summed E-state index contributed by atoms with van der Waals surface area (Å²) < 4.78 is 16.1. The first-order chi connectivity index (χ1) is 10.3. The first-order valence-corrected chi connectivity index (χ1v) is 7.89. The van der Waals surface area contributed by atoms with Crippen LogP contribution in [0.4, 0.5) is 0 Å². The number of rotatable bonds is 3. The molecule has 122 valence electrons. The molecule has 22 heavy (non-hydrogen) atoms. The Hall–Kier alpha value is -1.36. The lowest BCUT2D eigenvalue weighted by Crippen LogP contribution is -2.43. The van der Waals surface area contributed by atoms with Crippen molar-refractivity contribution in [1.82, 2.24) is 0 Å².